The third-order valence-corrected chi connectivity index (χ3v) is 1.62. The van der Waals surface area contributed by atoms with E-state index in [2.05, 4.69) is 12.2 Å². The van der Waals surface area contributed by atoms with E-state index in [1.54, 1.807) is 0 Å². The first kappa shape index (κ1) is 10.4. The van der Waals surface area contributed by atoms with E-state index < -0.39 is 0 Å². The van der Waals surface area contributed by atoms with Gasteiger partial charge in [0.05, 0.1) is 0 Å². The number of halogens is 1. The Morgan fingerprint density at radius 1 is 1.40 bits per heavy atom. The minimum Gasteiger partial charge on any atom is -0.256 e. The van der Waals surface area contributed by atoms with Crippen LogP contribution in [0.2, 0.25) is 0 Å². The summed E-state index contributed by atoms with van der Waals surface area (Å²) in [5.74, 6) is 0. The summed E-state index contributed by atoms with van der Waals surface area (Å²) in [5, 5.41) is 0.773. The molecular formula is C8H10ClRu. The molecule has 0 saturated heterocycles. The molecule has 0 spiro atoms. The maximum Gasteiger partial charge on any atom is 1.00 e. The summed E-state index contributed by atoms with van der Waals surface area (Å²) in [7, 11) is 0. The van der Waals surface area contributed by atoms with Crippen molar-refractivity contribution in [1.29, 1.82) is 0 Å². The van der Waals surface area contributed by atoms with E-state index in [0.717, 1.165) is 17.9 Å². The van der Waals surface area contributed by atoms with Gasteiger partial charge in [0, 0.05) is 0 Å². The zero-order chi connectivity index (χ0) is 6.53. The van der Waals surface area contributed by atoms with Crippen molar-refractivity contribution in [1.82, 2.24) is 0 Å². The molecule has 0 aromatic rings. The molecule has 0 saturated carbocycles. The second-order valence-electron chi connectivity index (χ2n) is 2.17. The molecule has 57 valence electrons. The summed E-state index contributed by atoms with van der Waals surface area (Å²) >= 11 is 5.71. The summed E-state index contributed by atoms with van der Waals surface area (Å²) < 4.78 is 0. The van der Waals surface area contributed by atoms with Gasteiger partial charge in [-0.3, -0.25) is 6.08 Å². The molecule has 0 atom stereocenters. The summed E-state index contributed by atoms with van der Waals surface area (Å²) in [6.45, 7) is 0. The molecule has 1 aliphatic rings. The SMILES string of the molecule is ClC1=[C-]CCCCC=C1.[Ru+]. The van der Waals surface area contributed by atoms with Gasteiger partial charge in [-0.1, -0.05) is 19.3 Å². The monoisotopic (exact) mass is 243 g/mol. The largest absolute Gasteiger partial charge is 1.00 e. The van der Waals surface area contributed by atoms with Crippen LogP contribution in [0.1, 0.15) is 25.7 Å². The molecule has 0 nitrogen and oxygen atoms in total. The fourth-order valence-corrected chi connectivity index (χ4v) is 1.02. The fraction of sp³-hybridized carbons (Fsp3) is 0.500. The molecule has 0 aromatic heterocycles. The third-order valence-electron chi connectivity index (χ3n) is 1.36. The summed E-state index contributed by atoms with van der Waals surface area (Å²) in [5.41, 5.74) is 0. The quantitative estimate of drug-likeness (QED) is 0.453. The second-order valence-corrected chi connectivity index (χ2v) is 2.58. The van der Waals surface area contributed by atoms with Gasteiger partial charge >= 0.3 is 19.5 Å². The Morgan fingerprint density at radius 3 is 3.00 bits per heavy atom. The average molecular weight is 243 g/mol. The Labute approximate surface area is 80.1 Å². The minimum absolute atomic E-state index is 0. The van der Waals surface area contributed by atoms with Gasteiger partial charge in [-0.2, -0.15) is 12.2 Å². The smallest absolute Gasteiger partial charge is 0.256 e. The molecular weight excluding hydrogens is 233 g/mol. The van der Waals surface area contributed by atoms with Gasteiger partial charge < -0.3 is 0 Å². The standard InChI is InChI=1S/C8H10Cl.Ru/c9-8-6-4-2-1-3-5-7-8;/h4,6H,1-3,5H2;/q-1;+1. The summed E-state index contributed by atoms with van der Waals surface area (Å²) in [6, 6.07) is 0. The zero-order valence-electron chi connectivity index (χ0n) is 5.71. The Hall–Kier alpha value is 0.393. The topological polar surface area (TPSA) is 0 Å². The van der Waals surface area contributed by atoms with Crippen molar-refractivity contribution in [2.24, 2.45) is 0 Å². The Kier molecular flexibility index (Phi) is 6.37. The Bertz CT molecular complexity index is 138. The molecule has 1 aliphatic carbocycles. The van der Waals surface area contributed by atoms with E-state index >= 15 is 0 Å². The summed E-state index contributed by atoms with van der Waals surface area (Å²) in [6.07, 6.45) is 11.8. The molecule has 0 amide bonds. The van der Waals surface area contributed by atoms with E-state index in [0.29, 0.717) is 0 Å². The number of allylic oxidation sites excluding steroid dienone is 4. The number of hydrogen-bond donors (Lipinski definition) is 0. The molecule has 0 N–H and O–H groups in total. The molecule has 1 rings (SSSR count). The normalized spacial score (nSPS) is 18.3. The van der Waals surface area contributed by atoms with Crippen LogP contribution in [0.3, 0.4) is 0 Å². The number of rotatable bonds is 0. The molecule has 1 radical (unpaired) electrons. The van der Waals surface area contributed by atoms with Crippen molar-refractivity contribution >= 4 is 11.6 Å². The van der Waals surface area contributed by atoms with E-state index in [4.69, 9.17) is 11.6 Å². The van der Waals surface area contributed by atoms with Crippen molar-refractivity contribution in [2.75, 3.05) is 0 Å². The zero-order valence-corrected chi connectivity index (χ0v) is 8.21. The first-order chi connectivity index (χ1) is 4.39. The van der Waals surface area contributed by atoms with Gasteiger partial charge in [-0.05, 0) is 0 Å². The van der Waals surface area contributed by atoms with Gasteiger partial charge in [0.2, 0.25) is 0 Å². The van der Waals surface area contributed by atoms with E-state index in [1.165, 1.54) is 12.8 Å². The van der Waals surface area contributed by atoms with Gasteiger partial charge in [0.25, 0.3) is 0 Å². The van der Waals surface area contributed by atoms with Crippen LogP contribution in [0.4, 0.5) is 0 Å². The Morgan fingerprint density at radius 2 is 2.20 bits per heavy atom. The molecule has 0 bridgehead atoms. The van der Waals surface area contributed by atoms with Gasteiger partial charge in [-0.25, -0.2) is 0 Å². The van der Waals surface area contributed by atoms with Crippen molar-refractivity contribution in [3.05, 3.63) is 23.3 Å². The van der Waals surface area contributed by atoms with Crippen LogP contribution in [-0.4, -0.2) is 0 Å². The third kappa shape index (κ3) is 4.25. The molecule has 0 fully saturated rings. The van der Waals surface area contributed by atoms with Crippen LogP contribution in [0.5, 0.6) is 0 Å². The molecule has 0 heterocycles. The molecule has 0 aliphatic heterocycles. The molecule has 2 heteroatoms. The van der Waals surface area contributed by atoms with Gasteiger partial charge in [0.1, 0.15) is 0 Å². The van der Waals surface area contributed by atoms with Crippen molar-refractivity contribution in [3.63, 3.8) is 0 Å². The van der Waals surface area contributed by atoms with Crippen molar-refractivity contribution in [2.45, 2.75) is 25.7 Å². The van der Waals surface area contributed by atoms with Gasteiger partial charge in [-0.15, -0.1) is 23.1 Å². The number of hydrogen-bond acceptors (Lipinski definition) is 0. The van der Waals surface area contributed by atoms with Crippen LogP contribution in [-0.2, 0) is 19.5 Å². The van der Waals surface area contributed by atoms with E-state index in [1.807, 2.05) is 6.08 Å². The van der Waals surface area contributed by atoms with Crippen LogP contribution >= 0.6 is 11.6 Å². The van der Waals surface area contributed by atoms with Crippen LogP contribution in [0.15, 0.2) is 17.2 Å². The fourth-order valence-electron chi connectivity index (χ4n) is 0.841. The van der Waals surface area contributed by atoms with Crippen molar-refractivity contribution in [3.8, 4) is 0 Å². The first-order valence-electron chi connectivity index (χ1n) is 3.32. The second kappa shape index (κ2) is 6.13. The van der Waals surface area contributed by atoms with Crippen molar-refractivity contribution < 1.29 is 19.5 Å². The molecule has 0 unspecified atom stereocenters. The van der Waals surface area contributed by atoms with Crippen LogP contribution < -0.4 is 0 Å². The molecule has 0 aromatic carbocycles. The summed E-state index contributed by atoms with van der Waals surface area (Å²) in [4.78, 5) is 0. The Balaban J connectivity index is 0.000000810. The van der Waals surface area contributed by atoms with Gasteiger partial charge in [0.15, 0.2) is 0 Å². The van der Waals surface area contributed by atoms with Crippen LogP contribution in [0.25, 0.3) is 0 Å². The van der Waals surface area contributed by atoms with E-state index in [-0.39, 0.29) is 19.5 Å². The first-order valence-corrected chi connectivity index (χ1v) is 3.70. The van der Waals surface area contributed by atoms with E-state index in [9.17, 15) is 0 Å². The minimum atomic E-state index is 0. The maximum absolute atomic E-state index is 5.71. The van der Waals surface area contributed by atoms with Crippen LogP contribution in [0, 0.1) is 6.08 Å². The average Bonchev–Trinajstić information content (AvgIpc) is 1.79. The maximum atomic E-state index is 5.71. The molecule has 10 heavy (non-hydrogen) atoms. The predicted molar refractivity (Wildman–Crippen MR) is 40.2 cm³/mol. The predicted octanol–water partition coefficient (Wildman–Crippen LogP) is 3.04.